The molecule has 0 saturated heterocycles. The minimum absolute atomic E-state index is 0.0222. The van der Waals surface area contributed by atoms with Gasteiger partial charge in [-0.05, 0) is 0 Å². The third-order valence-corrected chi connectivity index (χ3v) is 2.59. The molecule has 0 aliphatic heterocycles. The second kappa shape index (κ2) is 19.1. The van der Waals surface area contributed by atoms with Gasteiger partial charge in [-0.15, -0.1) is 0 Å². The van der Waals surface area contributed by atoms with Gasteiger partial charge in [0, 0.05) is 0 Å². The van der Waals surface area contributed by atoms with Crippen molar-refractivity contribution in [2.45, 2.75) is 6.04 Å². The van der Waals surface area contributed by atoms with Crippen molar-refractivity contribution in [2.24, 2.45) is 5.73 Å². The molecular formula is C13H27N3O14. The van der Waals surface area contributed by atoms with E-state index in [-0.39, 0.29) is 66.1 Å². The van der Waals surface area contributed by atoms with Crippen LogP contribution in [0.3, 0.4) is 0 Å². The molecule has 0 aliphatic rings. The van der Waals surface area contributed by atoms with Gasteiger partial charge in [0.25, 0.3) is 0 Å². The molecule has 0 aromatic carbocycles. The molecule has 0 aliphatic carbocycles. The Bertz CT molecular complexity index is 403. The Labute approximate surface area is 170 Å². The van der Waals surface area contributed by atoms with Crippen molar-refractivity contribution in [3.8, 4) is 0 Å². The number of hydrogen-bond donors (Lipinski definition) is 5. The largest absolute Gasteiger partial charge is 0.508 e. The fourth-order valence-electron chi connectivity index (χ4n) is 1.41. The third kappa shape index (κ3) is 20.8. The average molecular weight is 449 g/mol. The van der Waals surface area contributed by atoms with Crippen molar-refractivity contribution in [3.63, 3.8) is 0 Å². The molecule has 0 atom stereocenters. The predicted octanol–water partition coefficient (Wildman–Crippen LogP) is -1.32. The lowest BCUT2D eigenvalue weighted by Gasteiger charge is -2.13. The summed E-state index contributed by atoms with van der Waals surface area (Å²) in [5.41, 5.74) is 5.61. The quantitative estimate of drug-likeness (QED) is 0.0929. The molecule has 0 saturated carbocycles. The zero-order valence-corrected chi connectivity index (χ0v) is 16.0. The summed E-state index contributed by atoms with van der Waals surface area (Å²) >= 11 is 0. The van der Waals surface area contributed by atoms with E-state index >= 15 is 0 Å². The molecule has 0 rings (SSSR count). The van der Waals surface area contributed by atoms with Gasteiger partial charge in [-0.2, -0.15) is 0 Å². The van der Waals surface area contributed by atoms with Gasteiger partial charge in [-0.25, -0.2) is 19.3 Å². The Kier molecular flexibility index (Phi) is 17.9. The minimum atomic E-state index is -1.00. The van der Waals surface area contributed by atoms with Crippen LogP contribution in [0.5, 0.6) is 0 Å². The molecule has 0 radical (unpaired) electrons. The average Bonchev–Trinajstić information content (AvgIpc) is 2.68. The normalized spacial score (nSPS) is 11.2. The summed E-state index contributed by atoms with van der Waals surface area (Å²) in [6.07, 6.45) is -2.01. The first kappa shape index (κ1) is 28.1. The Morgan fingerprint density at radius 3 is 1.37 bits per heavy atom. The van der Waals surface area contributed by atoms with E-state index in [0.717, 1.165) is 0 Å². The van der Waals surface area contributed by atoms with Gasteiger partial charge in [-0.1, -0.05) is 0 Å². The van der Waals surface area contributed by atoms with Gasteiger partial charge >= 0.3 is 12.3 Å². The van der Waals surface area contributed by atoms with Crippen molar-refractivity contribution in [2.75, 3.05) is 66.1 Å². The third-order valence-electron chi connectivity index (χ3n) is 2.59. The van der Waals surface area contributed by atoms with Crippen LogP contribution in [-0.2, 0) is 38.1 Å². The van der Waals surface area contributed by atoms with Crippen molar-refractivity contribution in [1.29, 1.82) is 0 Å². The molecule has 17 nitrogen and oxygen atoms in total. The monoisotopic (exact) mass is 449 g/mol. The topological polar surface area (TPSA) is 221 Å². The van der Waals surface area contributed by atoms with Crippen LogP contribution in [0.25, 0.3) is 0 Å². The molecule has 0 amide bonds. The summed E-state index contributed by atoms with van der Waals surface area (Å²) in [4.78, 5) is 31.1. The highest BCUT2D eigenvalue weighted by Crippen LogP contribution is 1.93. The molecule has 0 bridgehead atoms. The van der Waals surface area contributed by atoms with Crippen LogP contribution in [0, 0.1) is 0 Å². The van der Waals surface area contributed by atoms with Crippen molar-refractivity contribution in [3.05, 3.63) is 0 Å². The molecule has 0 unspecified atom stereocenters. The van der Waals surface area contributed by atoms with E-state index in [2.05, 4.69) is 19.1 Å². The SMILES string of the molecule is NC(COC(=O)OCCOCCON(O)O)COC(=O)OCCOCCON(O)O. The highest BCUT2D eigenvalue weighted by Gasteiger charge is 2.12. The maximum Gasteiger partial charge on any atom is 0.508 e. The Hall–Kier alpha value is -1.90. The number of nitrogens with two attached hydrogens (primary N) is 1. The minimum Gasteiger partial charge on any atom is -0.432 e. The van der Waals surface area contributed by atoms with E-state index in [4.69, 9.17) is 45.5 Å². The molecule has 0 heterocycles. The van der Waals surface area contributed by atoms with E-state index in [0.29, 0.717) is 0 Å². The van der Waals surface area contributed by atoms with E-state index in [1.807, 2.05) is 0 Å². The van der Waals surface area contributed by atoms with E-state index < -0.39 is 29.1 Å². The van der Waals surface area contributed by atoms with Gasteiger partial charge in [-0.3, -0.25) is 20.8 Å². The summed E-state index contributed by atoms with van der Waals surface area (Å²) in [6, 6.07) is -0.813. The maximum absolute atomic E-state index is 11.3. The van der Waals surface area contributed by atoms with E-state index in [9.17, 15) is 9.59 Å². The molecule has 6 N–H and O–H groups in total. The highest BCUT2D eigenvalue weighted by molar-refractivity contribution is 5.60. The van der Waals surface area contributed by atoms with Crippen molar-refractivity contribution < 1.29 is 68.5 Å². The van der Waals surface area contributed by atoms with Crippen LogP contribution < -0.4 is 5.73 Å². The first-order chi connectivity index (χ1) is 14.3. The fourth-order valence-corrected chi connectivity index (χ4v) is 1.41. The molecule has 0 aromatic heterocycles. The van der Waals surface area contributed by atoms with Gasteiger partial charge in [0.1, 0.15) is 26.4 Å². The highest BCUT2D eigenvalue weighted by atomic mass is 17.1. The number of nitrogens with zero attached hydrogens (tertiary/aromatic N) is 2. The zero-order chi connectivity index (χ0) is 22.6. The van der Waals surface area contributed by atoms with Crippen LogP contribution in [0.15, 0.2) is 0 Å². The van der Waals surface area contributed by atoms with Crippen LogP contribution in [0.2, 0.25) is 0 Å². The molecule has 178 valence electrons. The van der Waals surface area contributed by atoms with Crippen LogP contribution in [-0.4, -0.2) is 116 Å². The van der Waals surface area contributed by atoms with Gasteiger partial charge in [0.2, 0.25) is 0 Å². The summed E-state index contributed by atoms with van der Waals surface area (Å²) in [5.74, 6) is 0. The zero-order valence-electron chi connectivity index (χ0n) is 16.0. The standard InChI is InChI=1S/C13H27N3O14/c14-11(9-27-12(17)25-5-1-23-3-7-29-15(19)20)10-28-13(18)26-6-2-24-4-8-30-16(21)22/h11,19-22H,1-10,14H2. The number of rotatable bonds is 18. The lowest BCUT2D eigenvalue weighted by molar-refractivity contribution is -0.493. The summed E-state index contributed by atoms with van der Waals surface area (Å²) < 4.78 is 28.7. The van der Waals surface area contributed by atoms with Crippen LogP contribution in [0.1, 0.15) is 0 Å². The molecule has 30 heavy (non-hydrogen) atoms. The summed E-state index contributed by atoms with van der Waals surface area (Å²) in [7, 11) is 0. The smallest absolute Gasteiger partial charge is 0.432 e. The molecule has 0 aromatic rings. The second-order valence-corrected chi connectivity index (χ2v) is 4.98. The first-order valence-corrected chi connectivity index (χ1v) is 8.43. The Morgan fingerprint density at radius 2 is 1.00 bits per heavy atom. The van der Waals surface area contributed by atoms with E-state index in [1.165, 1.54) is 0 Å². The van der Waals surface area contributed by atoms with Gasteiger partial charge < -0.3 is 34.2 Å². The predicted molar refractivity (Wildman–Crippen MR) is 86.9 cm³/mol. The fraction of sp³-hybridized carbons (Fsp3) is 0.846. The van der Waals surface area contributed by atoms with Gasteiger partial charge in [0.05, 0.1) is 56.5 Å². The second-order valence-electron chi connectivity index (χ2n) is 4.98. The Balaban J connectivity index is 3.50. The van der Waals surface area contributed by atoms with Gasteiger partial charge in [0.15, 0.2) is 0 Å². The summed E-state index contributed by atoms with van der Waals surface area (Å²) in [5, 5.41) is 32.1. The lowest BCUT2D eigenvalue weighted by atomic mass is 10.4. The Morgan fingerprint density at radius 1 is 0.633 bits per heavy atom. The number of ether oxygens (including phenoxy) is 6. The molecule has 0 fully saturated rings. The van der Waals surface area contributed by atoms with Crippen molar-refractivity contribution >= 4 is 12.3 Å². The van der Waals surface area contributed by atoms with Crippen LogP contribution in [0.4, 0.5) is 9.59 Å². The molecular weight excluding hydrogens is 422 g/mol. The first-order valence-electron chi connectivity index (χ1n) is 8.43. The molecule has 17 heteroatoms. The number of hydrogen-bond acceptors (Lipinski definition) is 17. The van der Waals surface area contributed by atoms with E-state index in [1.54, 1.807) is 0 Å². The molecule has 0 spiro atoms. The maximum atomic E-state index is 11.3. The summed E-state index contributed by atoms with van der Waals surface area (Å²) in [6.45, 7) is -0.934. The number of carbonyl (C=O) groups is 2. The van der Waals surface area contributed by atoms with Crippen LogP contribution >= 0.6 is 0 Å². The number of carbonyl (C=O) groups excluding carboxylic acids is 2. The lowest BCUT2D eigenvalue weighted by Crippen LogP contribution is -2.34. The van der Waals surface area contributed by atoms with Crippen molar-refractivity contribution in [1.82, 2.24) is 10.8 Å².